The summed E-state index contributed by atoms with van der Waals surface area (Å²) in [6.45, 7) is -0.519. The second-order valence-corrected chi connectivity index (χ2v) is 3.49. The van der Waals surface area contributed by atoms with Gasteiger partial charge in [0, 0.05) is 6.42 Å². The molecule has 0 aliphatic rings. The first-order valence-corrected chi connectivity index (χ1v) is 5.15. The number of nitrogens with two attached hydrogens (primary N) is 1. The van der Waals surface area contributed by atoms with Gasteiger partial charge in [0.2, 0.25) is 0 Å². The lowest BCUT2D eigenvalue weighted by Crippen LogP contribution is -2.29. The summed E-state index contributed by atoms with van der Waals surface area (Å²) < 4.78 is 9.10. The zero-order valence-corrected chi connectivity index (χ0v) is 8.12. The van der Waals surface area contributed by atoms with Crippen LogP contribution in [-0.4, -0.2) is 50.2 Å². The third kappa shape index (κ3) is 17.7. The lowest BCUT2D eigenvalue weighted by molar-refractivity contribution is -0.111. The lowest BCUT2D eigenvalue weighted by atomic mass is 10.2. The molecule has 86 valence electrons. The van der Waals surface area contributed by atoms with Gasteiger partial charge in [-0.05, 0) is 0 Å². The largest absolute Gasteiger partial charge is 0.397 e. The van der Waals surface area contributed by atoms with Gasteiger partial charge in [0.15, 0.2) is 0 Å². The van der Waals surface area contributed by atoms with Crippen molar-refractivity contribution in [3.8, 4) is 0 Å². The molecule has 0 aromatic heterocycles. The van der Waals surface area contributed by atoms with Gasteiger partial charge >= 0.3 is 7.75 Å². The van der Waals surface area contributed by atoms with Gasteiger partial charge in [-0.3, -0.25) is 0 Å². The maximum absolute atomic E-state index is 9.68. The average molecular weight is 231 g/mol. The highest BCUT2D eigenvalue weighted by molar-refractivity contribution is 7.49. The molecule has 0 saturated heterocycles. The topological polar surface area (TPSA) is 161 Å². The fourth-order valence-corrected chi connectivity index (χ4v) is 0.377. The van der Waals surface area contributed by atoms with E-state index in [0.717, 1.165) is 0 Å². The van der Waals surface area contributed by atoms with Crippen molar-refractivity contribution >= 4 is 14.0 Å². The summed E-state index contributed by atoms with van der Waals surface area (Å²) in [6, 6.07) is 0. The molecular weight excluding hydrogens is 217 g/mol. The SMILES string of the molecule is NP(=O)(O)O.O=CCC(O)C(O)CO. The number of carbonyl (C=O) groups is 1. The smallest absolute Gasteiger partial charge is 0.394 e. The Balaban J connectivity index is 0. The van der Waals surface area contributed by atoms with Gasteiger partial charge in [0.1, 0.15) is 12.4 Å². The molecule has 8 nitrogen and oxygen atoms in total. The van der Waals surface area contributed by atoms with E-state index in [2.05, 4.69) is 5.50 Å². The maximum Gasteiger partial charge on any atom is 0.397 e. The molecule has 0 aliphatic carbocycles. The first-order valence-electron chi connectivity index (χ1n) is 3.47. The highest BCUT2D eigenvalue weighted by Crippen LogP contribution is 2.20. The van der Waals surface area contributed by atoms with Crippen LogP contribution in [0, 0.1) is 0 Å². The second-order valence-electron chi connectivity index (χ2n) is 2.31. The van der Waals surface area contributed by atoms with Gasteiger partial charge in [-0.2, -0.15) is 0 Å². The van der Waals surface area contributed by atoms with E-state index in [-0.39, 0.29) is 6.42 Å². The van der Waals surface area contributed by atoms with E-state index in [1.807, 2.05) is 0 Å². The first kappa shape index (κ1) is 16.1. The number of carbonyl (C=O) groups excluding carboxylic acids is 1. The van der Waals surface area contributed by atoms with Crippen molar-refractivity contribution < 1.29 is 34.5 Å². The van der Waals surface area contributed by atoms with Crippen LogP contribution >= 0.6 is 7.75 Å². The van der Waals surface area contributed by atoms with E-state index in [1.54, 1.807) is 0 Å². The fourth-order valence-electron chi connectivity index (χ4n) is 0.377. The van der Waals surface area contributed by atoms with Crippen LogP contribution < -0.4 is 5.50 Å². The van der Waals surface area contributed by atoms with Crippen LogP contribution in [0.25, 0.3) is 0 Å². The number of aldehydes is 1. The maximum atomic E-state index is 9.68. The van der Waals surface area contributed by atoms with Crippen LogP contribution in [0.2, 0.25) is 0 Å². The third-order valence-corrected chi connectivity index (χ3v) is 0.969. The van der Waals surface area contributed by atoms with E-state index >= 15 is 0 Å². The summed E-state index contributed by atoms with van der Waals surface area (Å²) in [5.41, 5.74) is 4.02. The van der Waals surface area contributed by atoms with Crippen LogP contribution in [0.5, 0.6) is 0 Å². The molecule has 0 rings (SSSR count). The minimum atomic E-state index is -4.14. The van der Waals surface area contributed by atoms with E-state index in [0.29, 0.717) is 6.29 Å². The molecule has 0 aromatic rings. The fraction of sp³-hybridized carbons (Fsp3) is 0.800. The summed E-state index contributed by atoms with van der Waals surface area (Å²) >= 11 is 0. The summed E-state index contributed by atoms with van der Waals surface area (Å²) in [6.07, 6.45) is -1.98. The molecule has 7 N–H and O–H groups in total. The Morgan fingerprint density at radius 1 is 1.29 bits per heavy atom. The van der Waals surface area contributed by atoms with Gasteiger partial charge in [-0.15, -0.1) is 0 Å². The number of hydrogen-bond donors (Lipinski definition) is 6. The zero-order chi connectivity index (χ0) is 11.8. The minimum absolute atomic E-state index is 0.137. The minimum Gasteiger partial charge on any atom is -0.394 e. The molecule has 0 spiro atoms. The molecule has 0 fully saturated rings. The molecule has 0 aromatic carbocycles. The Labute approximate surface area is 80.2 Å². The van der Waals surface area contributed by atoms with E-state index in [4.69, 9.17) is 29.7 Å². The standard InChI is InChI=1S/C5H10O4.H4NO3P/c6-2-1-4(8)5(9)3-7;1-5(2,3)4/h2,4-5,7-9H,1,3H2;(H4,1,2,3,4). The molecule has 2 atom stereocenters. The Bertz CT molecular complexity index is 184. The van der Waals surface area contributed by atoms with Crippen LogP contribution in [-0.2, 0) is 9.36 Å². The molecule has 14 heavy (non-hydrogen) atoms. The molecule has 0 heterocycles. The van der Waals surface area contributed by atoms with Crippen molar-refractivity contribution in [2.24, 2.45) is 5.50 Å². The van der Waals surface area contributed by atoms with E-state index in [9.17, 15) is 4.79 Å². The van der Waals surface area contributed by atoms with Crippen molar-refractivity contribution in [1.29, 1.82) is 0 Å². The molecule has 2 unspecified atom stereocenters. The van der Waals surface area contributed by atoms with Crippen molar-refractivity contribution in [2.75, 3.05) is 6.61 Å². The van der Waals surface area contributed by atoms with Crippen molar-refractivity contribution in [3.05, 3.63) is 0 Å². The molecule has 9 heteroatoms. The van der Waals surface area contributed by atoms with E-state index in [1.165, 1.54) is 0 Å². The summed E-state index contributed by atoms with van der Waals surface area (Å²) in [5, 5.41) is 25.5. The van der Waals surface area contributed by atoms with Gasteiger partial charge < -0.3 is 29.9 Å². The normalized spacial score (nSPS) is 15.0. The number of hydrogen-bond acceptors (Lipinski definition) is 5. The summed E-state index contributed by atoms with van der Waals surface area (Å²) in [7, 11) is -4.14. The van der Waals surface area contributed by atoms with Crippen molar-refractivity contribution in [1.82, 2.24) is 0 Å². The predicted octanol–water partition coefficient (Wildman–Crippen LogP) is -2.67. The predicted molar refractivity (Wildman–Crippen MR) is 46.0 cm³/mol. The average Bonchev–Trinajstić information content (AvgIpc) is 2.00. The highest BCUT2D eigenvalue weighted by atomic mass is 31.2. The van der Waals surface area contributed by atoms with Crippen LogP contribution in [0.3, 0.4) is 0 Å². The van der Waals surface area contributed by atoms with Crippen molar-refractivity contribution in [2.45, 2.75) is 18.6 Å². The summed E-state index contributed by atoms with van der Waals surface area (Å²) in [5.74, 6) is 0. The van der Waals surface area contributed by atoms with Crippen LogP contribution in [0.15, 0.2) is 0 Å². The Kier molecular flexibility index (Phi) is 9.21. The number of aliphatic hydroxyl groups excluding tert-OH is 3. The van der Waals surface area contributed by atoms with Gasteiger partial charge in [0.05, 0.1) is 12.7 Å². The number of rotatable bonds is 4. The Morgan fingerprint density at radius 3 is 1.86 bits per heavy atom. The van der Waals surface area contributed by atoms with Gasteiger partial charge in [-0.25, -0.2) is 10.1 Å². The highest BCUT2D eigenvalue weighted by Gasteiger charge is 2.13. The third-order valence-electron chi connectivity index (χ3n) is 0.969. The molecular formula is C5H14NO7P. The quantitative estimate of drug-likeness (QED) is 0.225. The molecule has 0 bridgehead atoms. The van der Waals surface area contributed by atoms with E-state index < -0.39 is 26.6 Å². The molecule has 0 radical (unpaired) electrons. The number of aliphatic hydroxyl groups is 3. The summed E-state index contributed by atoms with van der Waals surface area (Å²) in [4.78, 5) is 24.5. The first-order chi connectivity index (χ1) is 6.22. The van der Waals surface area contributed by atoms with Crippen LogP contribution in [0.1, 0.15) is 6.42 Å². The zero-order valence-electron chi connectivity index (χ0n) is 7.22. The second kappa shape index (κ2) is 8.01. The molecule has 0 aliphatic heterocycles. The monoisotopic (exact) mass is 231 g/mol. The van der Waals surface area contributed by atoms with Gasteiger partial charge in [0.25, 0.3) is 0 Å². The van der Waals surface area contributed by atoms with Crippen LogP contribution in [0.4, 0.5) is 0 Å². The Hall–Kier alpha value is -0.340. The lowest BCUT2D eigenvalue weighted by Gasteiger charge is -2.11. The molecule has 0 amide bonds. The van der Waals surface area contributed by atoms with Gasteiger partial charge in [-0.1, -0.05) is 0 Å². The Morgan fingerprint density at radius 2 is 1.64 bits per heavy atom. The van der Waals surface area contributed by atoms with Crippen molar-refractivity contribution in [3.63, 3.8) is 0 Å². The molecule has 0 saturated carbocycles.